The summed E-state index contributed by atoms with van der Waals surface area (Å²) in [7, 11) is 0. The van der Waals surface area contributed by atoms with E-state index < -0.39 is 6.04 Å². The lowest BCUT2D eigenvalue weighted by Gasteiger charge is -2.32. The zero-order valence-corrected chi connectivity index (χ0v) is 12.3. The highest BCUT2D eigenvalue weighted by atomic mass is 16.2. The first-order chi connectivity index (χ1) is 9.70. The zero-order valence-electron chi connectivity index (χ0n) is 12.3. The van der Waals surface area contributed by atoms with Crippen LogP contribution in [0.25, 0.3) is 0 Å². The molecule has 110 valence electrons. The maximum absolute atomic E-state index is 12.2. The van der Waals surface area contributed by atoms with E-state index in [1.807, 2.05) is 30.3 Å². The molecular formula is C17H26N2O. The lowest BCUT2D eigenvalue weighted by atomic mass is 9.82. The summed E-state index contributed by atoms with van der Waals surface area (Å²) in [6.45, 7) is 2.21. The summed E-state index contributed by atoms with van der Waals surface area (Å²) in [5.74, 6) is 0.621. The van der Waals surface area contributed by atoms with Crippen molar-refractivity contribution in [2.75, 3.05) is 0 Å². The third-order valence-electron chi connectivity index (χ3n) is 4.40. The van der Waals surface area contributed by atoms with Crippen molar-refractivity contribution < 1.29 is 4.79 Å². The Balaban J connectivity index is 1.87. The van der Waals surface area contributed by atoms with Crippen LogP contribution in [0.1, 0.15) is 44.6 Å². The van der Waals surface area contributed by atoms with Gasteiger partial charge >= 0.3 is 0 Å². The van der Waals surface area contributed by atoms with Crippen LogP contribution in [0.3, 0.4) is 0 Å². The van der Waals surface area contributed by atoms with Gasteiger partial charge in [0.2, 0.25) is 5.91 Å². The number of nitrogens with two attached hydrogens (primary N) is 1. The Morgan fingerprint density at radius 2 is 2.00 bits per heavy atom. The number of carbonyl (C=O) groups is 1. The summed E-state index contributed by atoms with van der Waals surface area (Å²) in [6.07, 6.45) is 6.59. The molecule has 0 aliphatic heterocycles. The number of rotatable bonds is 5. The molecule has 0 saturated heterocycles. The van der Waals surface area contributed by atoms with E-state index in [0.29, 0.717) is 18.4 Å². The topological polar surface area (TPSA) is 55.1 Å². The Hall–Kier alpha value is -1.35. The van der Waals surface area contributed by atoms with Crippen molar-refractivity contribution in [1.29, 1.82) is 0 Å². The van der Waals surface area contributed by atoms with Gasteiger partial charge in [0, 0.05) is 6.04 Å². The molecule has 1 aliphatic carbocycles. The standard InChI is InChI=1S/C17H26N2O/c1-2-14-10-6-7-11-16(14)19-17(20)15(18)12-13-8-4-3-5-9-13/h3-5,8-9,14-16H,2,6-7,10-12,18H2,1H3,(H,19,20). The van der Waals surface area contributed by atoms with Crippen molar-refractivity contribution in [3.05, 3.63) is 35.9 Å². The molecule has 1 fully saturated rings. The smallest absolute Gasteiger partial charge is 0.237 e. The molecule has 0 radical (unpaired) electrons. The van der Waals surface area contributed by atoms with Crippen molar-refractivity contribution >= 4 is 5.91 Å². The summed E-state index contributed by atoms with van der Waals surface area (Å²) >= 11 is 0. The molecule has 0 spiro atoms. The first kappa shape index (κ1) is 15.0. The largest absolute Gasteiger partial charge is 0.352 e. The molecule has 1 aromatic rings. The van der Waals surface area contributed by atoms with E-state index in [1.54, 1.807) is 0 Å². The molecule has 0 heterocycles. The van der Waals surface area contributed by atoms with Gasteiger partial charge in [0.1, 0.15) is 0 Å². The highest BCUT2D eigenvalue weighted by molar-refractivity contribution is 5.82. The average molecular weight is 274 g/mol. The fraction of sp³-hybridized carbons (Fsp3) is 0.588. The van der Waals surface area contributed by atoms with Gasteiger partial charge in [-0.2, -0.15) is 0 Å². The maximum Gasteiger partial charge on any atom is 0.237 e. The van der Waals surface area contributed by atoms with Gasteiger partial charge in [-0.1, -0.05) is 56.5 Å². The minimum absolute atomic E-state index is 0.000738. The lowest BCUT2D eigenvalue weighted by Crippen LogP contribution is -2.49. The van der Waals surface area contributed by atoms with Crippen molar-refractivity contribution in [1.82, 2.24) is 5.32 Å². The van der Waals surface area contributed by atoms with Crippen LogP contribution in [0.4, 0.5) is 0 Å². The Bertz CT molecular complexity index is 418. The quantitative estimate of drug-likeness (QED) is 0.867. The predicted octanol–water partition coefficient (Wildman–Crippen LogP) is 2.64. The Labute approximate surface area is 121 Å². The third-order valence-corrected chi connectivity index (χ3v) is 4.40. The second-order valence-electron chi connectivity index (χ2n) is 5.86. The van der Waals surface area contributed by atoms with Crippen molar-refractivity contribution in [3.8, 4) is 0 Å². The number of benzene rings is 1. The Morgan fingerprint density at radius 3 is 2.70 bits per heavy atom. The van der Waals surface area contributed by atoms with Gasteiger partial charge < -0.3 is 11.1 Å². The number of hydrogen-bond acceptors (Lipinski definition) is 2. The molecule has 0 bridgehead atoms. The van der Waals surface area contributed by atoms with Crippen LogP contribution >= 0.6 is 0 Å². The summed E-state index contributed by atoms with van der Waals surface area (Å²) in [5, 5.41) is 3.18. The molecule has 3 nitrogen and oxygen atoms in total. The molecule has 1 aromatic carbocycles. The van der Waals surface area contributed by atoms with Gasteiger partial charge in [-0.05, 0) is 30.7 Å². The highest BCUT2D eigenvalue weighted by Gasteiger charge is 2.26. The molecule has 3 heteroatoms. The van der Waals surface area contributed by atoms with Crippen LogP contribution in [0, 0.1) is 5.92 Å². The molecular weight excluding hydrogens is 248 g/mol. The Kier molecular flexibility index (Phi) is 5.60. The van der Waals surface area contributed by atoms with E-state index >= 15 is 0 Å². The van der Waals surface area contributed by atoms with Gasteiger partial charge in [0.25, 0.3) is 0 Å². The average Bonchev–Trinajstić information content (AvgIpc) is 2.48. The van der Waals surface area contributed by atoms with Gasteiger partial charge in [0.05, 0.1) is 6.04 Å². The summed E-state index contributed by atoms with van der Waals surface area (Å²) in [5.41, 5.74) is 7.16. The number of nitrogens with one attached hydrogen (secondary N) is 1. The van der Waals surface area contributed by atoms with Crippen LogP contribution in [-0.4, -0.2) is 18.0 Å². The fourth-order valence-corrected chi connectivity index (χ4v) is 3.14. The number of hydrogen-bond donors (Lipinski definition) is 2. The van der Waals surface area contributed by atoms with E-state index in [4.69, 9.17) is 5.73 Å². The van der Waals surface area contributed by atoms with Crippen molar-refractivity contribution in [2.24, 2.45) is 11.7 Å². The van der Waals surface area contributed by atoms with Crippen molar-refractivity contribution in [3.63, 3.8) is 0 Å². The summed E-state index contributed by atoms with van der Waals surface area (Å²) in [4.78, 5) is 12.2. The molecule has 3 N–H and O–H groups in total. The van der Waals surface area contributed by atoms with Crippen LogP contribution in [0.2, 0.25) is 0 Å². The van der Waals surface area contributed by atoms with Gasteiger partial charge in [-0.15, -0.1) is 0 Å². The molecule has 20 heavy (non-hydrogen) atoms. The van der Waals surface area contributed by atoms with Crippen molar-refractivity contribution in [2.45, 2.75) is 57.5 Å². The highest BCUT2D eigenvalue weighted by Crippen LogP contribution is 2.26. The third kappa shape index (κ3) is 4.07. The number of carbonyl (C=O) groups excluding carboxylic acids is 1. The number of amides is 1. The van der Waals surface area contributed by atoms with E-state index in [2.05, 4.69) is 12.2 Å². The minimum atomic E-state index is -0.447. The monoisotopic (exact) mass is 274 g/mol. The van der Waals surface area contributed by atoms with E-state index in [1.165, 1.54) is 19.3 Å². The zero-order chi connectivity index (χ0) is 14.4. The fourth-order valence-electron chi connectivity index (χ4n) is 3.14. The predicted molar refractivity (Wildman–Crippen MR) is 82.3 cm³/mol. The SMILES string of the molecule is CCC1CCCCC1NC(=O)C(N)Cc1ccccc1. The maximum atomic E-state index is 12.2. The van der Waals surface area contributed by atoms with Crippen LogP contribution in [-0.2, 0) is 11.2 Å². The summed E-state index contributed by atoms with van der Waals surface area (Å²) in [6, 6.07) is 9.84. The molecule has 2 rings (SSSR count). The first-order valence-electron chi connectivity index (χ1n) is 7.80. The van der Waals surface area contributed by atoms with Gasteiger partial charge in [-0.3, -0.25) is 4.79 Å². The second kappa shape index (κ2) is 7.44. The minimum Gasteiger partial charge on any atom is -0.352 e. The van der Waals surface area contributed by atoms with Crippen LogP contribution in [0.5, 0.6) is 0 Å². The second-order valence-corrected chi connectivity index (χ2v) is 5.86. The molecule has 3 unspecified atom stereocenters. The summed E-state index contributed by atoms with van der Waals surface area (Å²) < 4.78 is 0. The van der Waals surface area contributed by atoms with E-state index in [-0.39, 0.29) is 5.91 Å². The lowest BCUT2D eigenvalue weighted by molar-refractivity contribution is -0.123. The first-order valence-corrected chi connectivity index (χ1v) is 7.80. The van der Waals surface area contributed by atoms with Gasteiger partial charge in [0.15, 0.2) is 0 Å². The Morgan fingerprint density at radius 1 is 1.30 bits per heavy atom. The van der Waals surface area contributed by atoms with Crippen LogP contribution < -0.4 is 11.1 Å². The molecule has 1 amide bonds. The normalized spacial score (nSPS) is 24.1. The molecule has 1 saturated carbocycles. The molecule has 1 aliphatic rings. The molecule has 3 atom stereocenters. The van der Waals surface area contributed by atoms with E-state index in [0.717, 1.165) is 18.4 Å². The van der Waals surface area contributed by atoms with Gasteiger partial charge in [-0.25, -0.2) is 0 Å². The van der Waals surface area contributed by atoms with E-state index in [9.17, 15) is 4.79 Å². The van der Waals surface area contributed by atoms with Crippen LogP contribution in [0.15, 0.2) is 30.3 Å². The molecule has 0 aromatic heterocycles.